The van der Waals surface area contributed by atoms with Gasteiger partial charge in [-0.05, 0) is 36.8 Å². The summed E-state index contributed by atoms with van der Waals surface area (Å²) in [4.78, 5) is 0. The Balaban J connectivity index is 1.95. The zero-order valence-electron chi connectivity index (χ0n) is 12.8. The molecule has 1 fully saturated rings. The first-order valence-electron chi connectivity index (χ1n) is 7.97. The van der Waals surface area contributed by atoms with Crippen molar-refractivity contribution < 1.29 is 4.74 Å². The molecule has 112 valence electrons. The van der Waals surface area contributed by atoms with Crippen LogP contribution >= 0.6 is 0 Å². The van der Waals surface area contributed by atoms with Gasteiger partial charge in [0, 0.05) is 6.54 Å². The summed E-state index contributed by atoms with van der Waals surface area (Å²) < 4.78 is 5.67. The quantitative estimate of drug-likeness (QED) is 0.762. The molecule has 2 rings (SSSR count). The summed E-state index contributed by atoms with van der Waals surface area (Å²) in [6.07, 6.45) is 6.45. The Bertz CT molecular complexity index is 419. The molecule has 2 atom stereocenters. The summed E-state index contributed by atoms with van der Waals surface area (Å²) in [7, 11) is 0. The van der Waals surface area contributed by atoms with Crippen molar-refractivity contribution in [2.24, 2.45) is 11.8 Å². The summed E-state index contributed by atoms with van der Waals surface area (Å²) in [5.74, 6) is 2.38. The Morgan fingerprint density at radius 1 is 1.30 bits per heavy atom. The zero-order chi connectivity index (χ0) is 14.4. The Hall–Kier alpha value is -1.38. The molecule has 1 aromatic carbocycles. The van der Waals surface area contributed by atoms with Gasteiger partial charge in [-0.2, -0.15) is 0 Å². The maximum atomic E-state index is 6.19. The molecule has 3 N–H and O–H groups in total. The van der Waals surface area contributed by atoms with Crippen LogP contribution in [-0.2, 0) is 0 Å². The molecule has 20 heavy (non-hydrogen) atoms. The van der Waals surface area contributed by atoms with E-state index in [1.54, 1.807) is 0 Å². The minimum atomic E-state index is 0.716. The van der Waals surface area contributed by atoms with E-state index in [1.807, 2.05) is 18.2 Å². The van der Waals surface area contributed by atoms with Gasteiger partial charge in [-0.25, -0.2) is 0 Å². The highest BCUT2D eigenvalue weighted by Crippen LogP contribution is 2.32. The predicted octanol–water partition coefficient (Wildman–Crippen LogP) is 4.30. The van der Waals surface area contributed by atoms with Crippen LogP contribution in [0.2, 0.25) is 0 Å². The van der Waals surface area contributed by atoms with Crippen LogP contribution in [0.15, 0.2) is 18.2 Å². The van der Waals surface area contributed by atoms with Gasteiger partial charge in [0.25, 0.3) is 0 Å². The molecular formula is C17H28N2O. The molecule has 1 aliphatic rings. The fraction of sp³-hybridized carbons (Fsp3) is 0.647. The number of nitrogen functional groups attached to an aromatic ring is 1. The van der Waals surface area contributed by atoms with Gasteiger partial charge in [-0.3, -0.25) is 0 Å². The standard InChI is InChI=1S/C17H28N2O/c1-3-11-20-16-10-6-9-15(17(16)18)19-12-14-8-5-4-7-13(14)2/h6,9-10,13-14,19H,3-5,7-8,11-12,18H2,1-2H3. The van der Waals surface area contributed by atoms with Crippen LogP contribution in [0.4, 0.5) is 11.4 Å². The van der Waals surface area contributed by atoms with Gasteiger partial charge in [0.2, 0.25) is 0 Å². The zero-order valence-corrected chi connectivity index (χ0v) is 12.8. The number of rotatable bonds is 6. The third-order valence-corrected chi connectivity index (χ3v) is 4.37. The first-order valence-corrected chi connectivity index (χ1v) is 7.97. The van der Waals surface area contributed by atoms with Gasteiger partial charge in [-0.15, -0.1) is 0 Å². The highest BCUT2D eigenvalue weighted by molar-refractivity contribution is 5.72. The van der Waals surface area contributed by atoms with Gasteiger partial charge in [-0.1, -0.05) is 39.2 Å². The molecule has 0 radical (unpaired) electrons. The minimum absolute atomic E-state index is 0.716. The smallest absolute Gasteiger partial charge is 0.144 e. The van der Waals surface area contributed by atoms with Crippen LogP contribution < -0.4 is 15.8 Å². The summed E-state index contributed by atoms with van der Waals surface area (Å²) in [6.45, 7) is 6.20. The lowest BCUT2D eigenvalue weighted by Crippen LogP contribution is -2.24. The molecule has 3 heteroatoms. The molecule has 0 saturated heterocycles. The predicted molar refractivity (Wildman–Crippen MR) is 86.3 cm³/mol. The van der Waals surface area contributed by atoms with Gasteiger partial charge < -0.3 is 15.8 Å². The SMILES string of the molecule is CCCOc1cccc(NCC2CCCCC2C)c1N. The molecule has 1 aromatic rings. The third kappa shape index (κ3) is 3.81. The summed E-state index contributed by atoms with van der Waals surface area (Å²) in [6, 6.07) is 6.00. The first-order chi connectivity index (χ1) is 9.72. The number of ether oxygens (including phenoxy) is 1. The van der Waals surface area contributed by atoms with Gasteiger partial charge in [0.15, 0.2) is 0 Å². The van der Waals surface area contributed by atoms with E-state index in [0.717, 1.165) is 41.9 Å². The summed E-state index contributed by atoms with van der Waals surface area (Å²) >= 11 is 0. The van der Waals surface area contributed by atoms with Crippen molar-refractivity contribution in [1.29, 1.82) is 0 Å². The second kappa shape index (κ2) is 7.41. The molecule has 0 bridgehead atoms. The lowest BCUT2D eigenvalue weighted by molar-refractivity contribution is 0.268. The van der Waals surface area contributed by atoms with E-state index in [9.17, 15) is 0 Å². The number of hydrogen-bond donors (Lipinski definition) is 2. The average Bonchev–Trinajstić information content (AvgIpc) is 2.46. The second-order valence-corrected chi connectivity index (χ2v) is 5.97. The number of benzene rings is 1. The molecule has 0 heterocycles. The maximum Gasteiger partial charge on any atom is 0.144 e. The number of anilines is 2. The van der Waals surface area contributed by atoms with E-state index in [-0.39, 0.29) is 0 Å². The van der Waals surface area contributed by atoms with Crippen molar-refractivity contribution in [2.45, 2.75) is 46.0 Å². The van der Waals surface area contributed by atoms with E-state index in [0.29, 0.717) is 6.61 Å². The van der Waals surface area contributed by atoms with Crippen LogP contribution in [-0.4, -0.2) is 13.2 Å². The van der Waals surface area contributed by atoms with Crippen molar-refractivity contribution >= 4 is 11.4 Å². The number of nitrogens with one attached hydrogen (secondary N) is 1. The molecule has 3 nitrogen and oxygen atoms in total. The highest BCUT2D eigenvalue weighted by atomic mass is 16.5. The minimum Gasteiger partial charge on any atom is -0.491 e. The van der Waals surface area contributed by atoms with Crippen molar-refractivity contribution in [1.82, 2.24) is 0 Å². The van der Waals surface area contributed by atoms with E-state index in [4.69, 9.17) is 10.5 Å². The van der Waals surface area contributed by atoms with Crippen molar-refractivity contribution in [3.63, 3.8) is 0 Å². The Morgan fingerprint density at radius 2 is 2.10 bits per heavy atom. The average molecular weight is 276 g/mol. The largest absolute Gasteiger partial charge is 0.491 e. The first kappa shape index (κ1) is 15.0. The number of nitrogens with two attached hydrogens (primary N) is 1. The van der Waals surface area contributed by atoms with Gasteiger partial charge in [0.1, 0.15) is 5.75 Å². The fourth-order valence-corrected chi connectivity index (χ4v) is 2.97. The monoisotopic (exact) mass is 276 g/mol. The van der Waals surface area contributed by atoms with E-state index in [1.165, 1.54) is 25.7 Å². The lowest BCUT2D eigenvalue weighted by atomic mass is 9.80. The molecule has 1 aliphatic carbocycles. The molecular weight excluding hydrogens is 248 g/mol. The molecule has 2 unspecified atom stereocenters. The van der Waals surface area contributed by atoms with E-state index in [2.05, 4.69) is 19.2 Å². The van der Waals surface area contributed by atoms with E-state index >= 15 is 0 Å². The fourth-order valence-electron chi connectivity index (χ4n) is 2.97. The van der Waals surface area contributed by atoms with Crippen LogP contribution in [0.25, 0.3) is 0 Å². The van der Waals surface area contributed by atoms with Crippen molar-refractivity contribution in [3.05, 3.63) is 18.2 Å². The van der Waals surface area contributed by atoms with E-state index < -0.39 is 0 Å². The normalized spacial score (nSPS) is 22.5. The third-order valence-electron chi connectivity index (χ3n) is 4.37. The Labute approximate surface area is 122 Å². The maximum absolute atomic E-state index is 6.19. The highest BCUT2D eigenvalue weighted by Gasteiger charge is 2.21. The van der Waals surface area contributed by atoms with Gasteiger partial charge in [0.05, 0.1) is 18.0 Å². The van der Waals surface area contributed by atoms with Crippen LogP contribution in [0.3, 0.4) is 0 Å². The van der Waals surface area contributed by atoms with Crippen LogP contribution in [0.5, 0.6) is 5.75 Å². The number of hydrogen-bond acceptors (Lipinski definition) is 3. The molecule has 0 aromatic heterocycles. The lowest BCUT2D eigenvalue weighted by Gasteiger charge is -2.29. The topological polar surface area (TPSA) is 47.3 Å². The van der Waals surface area contributed by atoms with Crippen molar-refractivity contribution in [3.8, 4) is 5.75 Å². The van der Waals surface area contributed by atoms with Crippen molar-refractivity contribution in [2.75, 3.05) is 24.2 Å². The Kier molecular flexibility index (Phi) is 5.57. The molecule has 0 spiro atoms. The molecule has 0 amide bonds. The van der Waals surface area contributed by atoms with Gasteiger partial charge >= 0.3 is 0 Å². The second-order valence-electron chi connectivity index (χ2n) is 5.97. The van der Waals surface area contributed by atoms with Crippen LogP contribution in [0.1, 0.15) is 46.0 Å². The van der Waals surface area contributed by atoms with Crippen LogP contribution in [0, 0.1) is 11.8 Å². The molecule has 0 aliphatic heterocycles. The summed E-state index contributed by atoms with van der Waals surface area (Å²) in [5, 5.41) is 3.52. The number of para-hydroxylation sites is 1. The molecule has 1 saturated carbocycles. The summed E-state index contributed by atoms with van der Waals surface area (Å²) in [5.41, 5.74) is 7.94. The Morgan fingerprint density at radius 3 is 2.85 bits per heavy atom.